The van der Waals surface area contributed by atoms with Gasteiger partial charge in [0.05, 0.1) is 0 Å². The topological polar surface area (TPSA) is 0 Å². The fraction of sp³-hybridized carbons (Fsp3) is 0.286. The largest absolute Gasteiger partial charge is 4.00 e. The van der Waals surface area contributed by atoms with Crippen molar-refractivity contribution in [1.29, 1.82) is 0 Å². The molecule has 0 fully saturated rings. The minimum absolute atomic E-state index is 0. The first-order chi connectivity index (χ1) is 3.50. The molecular weight excluding hydrogens is 333 g/mol. The molecule has 0 nitrogen and oxygen atoms in total. The molecule has 0 saturated carbocycles. The molecule has 0 unspecified atom stereocenters. The fourth-order valence-corrected chi connectivity index (χ4v) is 0.340. The van der Waals surface area contributed by atoms with Crippen LogP contribution in [0.15, 0.2) is 18.2 Å². The Labute approximate surface area is 94.8 Å². The van der Waals surface area contributed by atoms with E-state index in [1.165, 1.54) is 0 Å². The third kappa shape index (κ3) is 16.0. The Balaban J connectivity index is -0.0000000337. The summed E-state index contributed by atoms with van der Waals surface area (Å²) in [5.41, 5.74) is 0. The van der Waals surface area contributed by atoms with Crippen LogP contribution in [0, 0.1) is 13.0 Å². The van der Waals surface area contributed by atoms with Crippen LogP contribution in [0.3, 0.4) is 0 Å². The average Bonchev–Trinajstić information content (AvgIpc) is 2.23. The Morgan fingerprint density at radius 1 is 1.30 bits per heavy atom. The van der Waals surface area contributed by atoms with Crippen LogP contribution < -0.4 is 24.8 Å². The molecule has 0 radical (unpaired) electrons. The molecule has 0 atom stereocenters. The smallest absolute Gasteiger partial charge is 1.00 e. The summed E-state index contributed by atoms with van der Waals surface area (Å²) in [4.78, 5) is 0. The second-order valence-electron chi connectivity index (χ2n) is 1.00. The van der Waals surface area contributed by atoms with E-state index in [0.717, 1.165) is 6.42 Å². The molecular formula is C7H10Cl2Hf. The van der Waals surface area contributed by atoms with Gasteiger partial charge in [0, 0.05) is 0 Å². The number of halogens is 2. The van der Waals surface area contributed by atoms with Crippen molar-refractivity contribution in [2.75, 3.05) is 0 Å². The van der Waals surface area contributed by atoms with E-state index in [-0.39, 0.29) is 50.7 Å². The van der Waals surface area contributed by atoms with Gasteiger partial charge < -0.3 is 31.7 Å². The van der Waals surface area contributed by atoms with Crippen LogP contribution in [0.25, 0.3) is 0 Å². The zero-order valence-electron chi connectivity index (χ0n) is 5.90. The zero-order valence-corrected chi connectivity index (χ0v) is 11.0. The zero-order chi connectivity index (χ0) is 5.54. The molecule has 0 aliphatic heterocycles. The predicted molar refractivity (Wildman–Crippen MR) is 32.6 cm³/mol. The third-order valence-electron chi connectivity index (χ3n) is 0.586. The molecule has 1 rings (SSSR count). The molecule has 0 aromatic carbocycles. The first kappa shape index (κ1) is 22.4. The summed E-state index contributed by atoms with van der Waals surface area (Å²) < 4.78 is 0. The quantitative estimate of drug-likeness (QED) is 0.312. The van der Waals surface area contributed by atoms with Crippen molar-refractivity contribution < 1.29 is 50.7 Å². The summed E-state index contributed by atoms with van der Waals surface area (Å²) in [6.07, 6.45) is 10.0. The van der Waals surface area contributed by atoms with E-state index in [9.17, 15) is 0 Å². The molecule has 10 heavy (non-hydrogen) atoms. The van der Waals surface area contributed by atoms with Crippen LogP contribution in [-0.2, 0) is 25.8 Å². The summed E-state index contributed by atoms with van der Waals surface area (Å²) in [7, 11) is 0. The number of rotatable bonds is 0. The second-order valence-corrected chi connectivity index (χ2v) is 1.00. The molecule has 1 aliphatic carbocycles. The summed E-state index contributed by atoms with van der Waals surface area (Å²) in [6.45, 7) is 5.00. The van der Waals surface area contributed by atoms with Crippen LogP contribution in [0.5, 0.6) is 0 Å². The molecule has 1 aliphatic rings. The van der Waals surface area contributed by atoms with Gasteiger partial charge in [-0.1, -0.05) is 0 Å². The van der Waals surface area contributed by atoms with Gasteiger partial charge in [-0.25, -0.2) is 12.2 Å². The van der Waals surface area contributed by atoms with Crippen LogP contribution in [0.4, 0.5) is 0 Å². The van der Waals surface area contributed by atoms with Gasteiger partial charge in [0.15, 0.2) is 0 Å². The minimum atomic E-state index is 0. The Morgan fingerprint density at radius 3 is 1.90 bits per heavy atom. The van der Waals surface area contributed by atoms with E-state index in [2.05, 4.69) is 19.1 Å². The van der Waals surface area contributed by atoms with Gasteiger partial charge in [0.2, 0.25) is 0 Å². The van der Waals surface area contributed by atoms with Gasteiger partial charge in [0.1, 0.15) is 0 Å². The van der Waals surface area contributed by atoms with Gasteiger partial charge in [-0.15, -0.1) is 6.42 Å². The maximum atomic E-state index is 3.25. The Hall–Kier alpha value is 0.930. The van der Waals surface area contributed by atoms with Crippen molar-refractivity contribution >= 4 is 0 Å². The van der Waals surface area contributed by atoms with Crippen molar-refractivity contribution in [3.63, 3.8) is 0 Å². The molecule has 0 bridgehead atoms. The molecule has 0 heterocycles. The maximum absolute atomic E-state index is 3.25. The molecule has 0 saturated heterocycles. The summed E-state index contributed by atoms with van der Waals surface area (Å²) >= 11 is 0. The first-order valence-corrected chi connectivity index (χ1v) is 2.42. The Morgan fingerprint density at radius 2 is 1.80 bits per heavy atom. The third-order valence-corrected chi connectivity index (χ3v) is 0.586. The van der Waals surface area contributed by atoms with Crippen LogP contribution in [0.2, 0.25) is 0 Å². The Kier molecular flexibility index (Phi) is 50.5. The van der Waals surface area contributed by atoms with Crippen molar-refractivity contribution in [2.24, 2.45) is 0 Å². The van der Waals surface area contributed by atoms with Crippen LogP contribution in [-0.4, -0.2) is 0 Å². The van der Waals surface area contributed by atoms with E-state index in [1.54, 1.807) is 6.92 Å². The summed E-state index contributed by atoms with van der Waals surface area (Å²) in [5.74, 6) is 0. The van der Waals surface area contributed by atoms with Gasteiger partial charge in [-0.3, -0.25) is 6.08 Å². The molecule has 0 aromatic rings. The van der Waals surface area contributed by atoms with Crippen molar-refractivity contribution in [2.45, 2.75) is 13.3 Å². The first-order valence-electron chi connectivity index (χ1n) is 2.42. The van der Waals surface area contributed by atoms with E-state index in [0.29, 0.717) is 0 Å². The molecule has 0 spiro atoms. The number of hydrogen-bond acceptors (Lipinski definition) is 0. The number of hydrogen-bond donors (Lipinski definition) is 0. The average molecular weight is 344 g/mol. The van der Waals surface area contributed by atoms with Crippen molar-refractivity contribution in [3.8, 4) is 0 Å². The molecule has 0 N–H and O–H groups in total. The predicted octanol–water partition coefficient (Wildman–Crippen LogP) is -3.85. The van der Waals surface area contributed by atoms with E-state index in [1.807, 2.05) is 12.2 Å². The monoisotopic (exact) mass is 344 g/mol. The molecule has 0 amide bonds. The fourth-order valence-electron chi connectivity index (χ4n) is 0.340. The molecule has 0 aromatic heterocycles. The normalized spacial score (nSPS) is 9.40. The standard InChI is InChI=1S/C5H5.C2H5.2ClH.Hf/c1-2-4-5-3-1;1-2;;;/h1-3H,4H2;1H2,2H3;2*1H;/q2*-1;;;+4/p-2. The van der Waals surface area contributed by atoms with Gasteiger partial charge >= 0.3 is 25.8 Å². The van der Waals surface area contributed by atoms with Crippen molar-refractivity contribution in [1.82, 2.24) is 0 Å². The van der Waals surface area contributed by atoms with Crippen LogP contribution >= 0.6 is 0 Å². The Bertz CT molecular complexity index is 69.7. The van der Waals surface area contributed by atoms with Gasteiger partial charge in [-0.05, 0) is 0 Å². The van der Waals surface area contributed by atoms with Crippen molar-refractivity contribution in [3.05, 3.63) is 31.2 Å². The molecule has 56 valence electrons. The SMILES string of the molecule is [C-]1=CC=CC1.[CH2-]C.[Cl-].[Cl-].[Hf+4]. The van der Waals surface area contributed by atoms with E-state index in [4.69, 9.17) is 0 Å². The van der Waals surface area contributed by atoms with Gasteiger partial charge in [-0.2, -0.15) is 13.0 Å². The summed E-state index contributed by atoms with van der Waals surface area (Å²) in [6, 6.07) is 0. The maximum Gasteiger partial charge on any atom is 4.00 e. The van der Waals surface area contributed by atoms with E-state index >= 15 is 0 Å². The second kappa shape index (κ2) is 22.5. The molecule has 3 heteroatoms. The number of allylic oxidation sites excluding steroid dienone is 4. The summed E-state index contributed by atoms with van der Waals surface area (Å²) in [5, 5.41) is 0. The van der Waals surface area contributed by atoms with Crippen LogP contribution in [0.1, 0.15) is 13.3 Å². The van der Waals surface area contributed by atoms with Gasteiger partial charge in [0.25, 0.3) is 0 Å². The van der Waals surface area contributed by atoms with E-state index < -0.39 is 0 Å². The minimum Gasteiger partial charge on any atom is -1.00 e.